The largest absolute Gasteiger partial charge is 0.441 e. The van der Waals surface area contributed by atoms with Crippen LogP contribution in [-0.4, -0.2) is 37.0 Å². The summed E-state index contributed by atoms with van der Waals surface area (Å²) in [5.41, 5.74) is 1.69. The van der Waals surface area contributed by atoms with Crippen molar-refractivity contribution in [2.24, 2.45) is 7.05 Å². The highest BCUT2D eigenvalue weighted by Gasteiger charge is 2.20. The summed E-state index contributed by atoms with van der Waals surface area (Å²) in [5.74, 6) is -0.663. The number of carbonyl (C=O) groups excluding carboxylic acids is 2. The van der Waals surface area contributed by atoms with Gasteiger partial charge in [0.1, 0.15) is 11.3 Å². The van der Waals surface area contributed by atoms with Gasteiger partial charge in [0, 0.05) is 31.6 Å². The molecule has 10 nitrogen and oxygen atoms in total. The number of pyridine rings is 2. The fourth-order valence-electron chi connectivity index (χ4n) is 2.80. The Kier molecular flexibility index (Phi) is 7.67. The van der Waals surface area contributed by atoms with Crippen LogP contribution in [0.4, 0.5) is 20.7 Å². The summed E-state index contributed by atoms with van der Waals surface area (Å²) in [5, 5.41) is 13.4. The van der Waals surface area contributed by atoms with E-state index in [-0.39, 0.29) is 29.7 Å². The second kappa shape index (κ2) is 10.6. The van der Waals surface area contributed by atoms with Crippen molar-refractivity contribution in [3.05, 3.63) is 59.8 Å². The number of nitrogens with zero attached hydrogens (tertiary/aromatic N) is 5. The van der Waals surface area contributed by atoms with Gasteiger partial charge in [-0.3, -0.25) is 15.1 Å². The van der Waals surface area contributed by atoms with Gasteiger partial charge in [-0.15, -0.1) is 5.10 Å². The Morgan fingerprint density at radius 1 is 1.24 bits per heavy atom. The van der Waals surface area contributed by atoms with E-state index >= 15 is 0 Å². The summed E-state index contributed by atoms with van der Waals surface area (Å²) in [4.78, 5) is 32.5. The maximum Gasteiger partial charge on any atom is 0.413 e. The van der Waals surface area contributed by atoms with Crippen LogP contribution in [0.5, 0.6) is 0 Å². The van der Waals surface area contributed by atoms with E-state index in [0.717, 1.165) is 0 Å². The molecule has 0 aliphatic rings. The molecule has 1 atom stereocenters. The Balaban J connectivity index is 1.68. The van der Waals surface area contributed by atoms with E-state index in [0.29, 0.717) is 22.6 Å². The molecule has 172 valence electrons. The van der Waals surface area contributed by atoms with Crippen LogP contribution in [0, 0.1) is 0 Å². The number of nitrogens with one attached hydrogen (secondary N) is 2. The van der Waals surface area contributed by atoms with Crippen molar-refractivity contribution in [3.8, 4) is 11.4 Å². The van der Waals surface area contributed by atoms with Crippen LogP contribution >= 0.6 is 11.6 Å². The third-order valence-corrected chi connectivity index (χ3v) is 4.79. The van der Waals surface area contributed by atoms with Gasteiger partial charge in [0.25, 0.3) is 0 Å². The highest BCUT2D eigenvalue weighted by molar-refractivity contribution is 6.30. The number of hydrogen-bond donors (Lipinski definition) is 2. The van der Waals surface area contributed by atoms with Crippen molar-refractivity contribution in [2.75, 3.05) is 10.6 Å². The van der Waals surface area contributed by atoms with Crippen molar-refractivity contribution in [1.82, 2.24) is 25.0 Å². The van der Waals surface area contributed by atoms with Crippen LogP contribution in [0.25, 0.3) is 11.4 Å². The predicted octanol–water partition coefficient (Wildman–Crippen LogP) is 4.44. The van der Waals surface area contributed by atoms with E-state index in [1.165, 1.54) is 17.1 Å². The van der Waals surface area contributed by atoms with Crippen molar-refractivity contribution < 1.29 is 18.7 Å². The molecule has 0 aliphatic carbocycles. The van der Waals surface area contributed by atoms with Gasteiger partial charge in [0.15, 0.2) is 11.5 Å². The number of aromatic nitrogens is 5. The Labute approximate surface area is 193 Å². The van der Waals surface area contributed by atoms with Gasteiger partial charge in [-0.25, -0.2) is 18.9 Å². The van der Waals surface area contributed by atoms with Gasteiger partial charge >= 0.3 is 6.09 Å². The summed E-state index contributed by atoms with van der Waals surface area (Å²) in [6, 6.07) is 6.61. The molecule has 2 amide bonds. The first kappa shape index (κ1) is 23.8. The van der Waals surface area contributed by atoms with Gasteiger partial charge in [-0.1, -0.05) is 29.5 Å². The Morgan fingerprint density at radius 2 is 2.03 bits per heavy atom. The minimum Gasteiger partial charge on any atom is -0.441 e. The van der Waals surface area contributed by atoms with Crippen molar-refractivity contribution >= 4 is 35.1 Å². The molecule has 0 saturated heterocycles. The molecule has 3 aromatic heterocycles. The Bertz CT molecular complexity index is 1170. The van der Waals surface area contributed by atoms with Gasteiger partial charge in [0.2, 0.25) is 5.91 Å². The molecule has 3 rings (SSSR count). The highest BCUT2D eigenvalue weighted by atomic mass is 35.5. The summed E-state index contributed by atoms with van der Waals surface area (Å²) < 4.78 is 19.5. The molecule has 12 heteroatoms. The van der Waals surface area contributed by atoms with Crippen molar-refractivity contribution in [2.45, 2.75) is 25.9 Å². The van der Waals surface area contributed by atoms with Gasteiger partial charge < -0.3 is 10.1 Å². The smallest absolute Gasteiger partial charge is 0.413 e. The van der Waals surface area contributed by atoms with Crippen molar-refractivity contribution in [1.29, 1.82) is 0 Å². The summed E-state index contributed by atoms with van der Waals surface area (Å²) in [6.45, 7) is 4.79. The number of halogens is 2. The normalized spacial score (nSPS) is 11.5. The number of aryl methyl sites for hydroxylation is 1. The number of anilines is 2. The maximum atomic E-state index is 12.7. The summed E-state index contributed by atoms with van der Waals surface area (Å²) >= 11 is 6.05. The lowest BCUT2D eigenvalue weighted by Gasteiger charge is -2.15. The minimum atomic E-state index is -0.743. The lowest BCUT2D eigenvalue weighted by Crippen LogP contribution is -2.18. The van der Waals surface area contributed by atoms with E-state index in [2.05, 4.69) is 37.5 Å². The second-order valence-electron chi connectivity index (χ2n) is 6.96. The van der Waals surface area contributed by atoms with E-state index < -0.39 is 18.0 Å². The summed E-state index contributed by atoms with van der Waals surface area (Å²) in [6.07, 6.45) is 1.49. The molecule has 3 aromatic rings. The van der Waals surface area contributed by atoms with E-state index in [9.17, 15) is 14.0 Å². The number of ether oxygens (including phenoxy) is 1. The molecule has 3 heterocycles. The van der Waals surface area contributed by atoms with Crippen LogP contribution in [-0.2, 0) is 16.6 Å². The van der Waals surface area contributed by atoms with E-state index in [1.54, 1.807) is 38.2 Å². The minimum absolute atomic E-state index is 0.0277. The molecular formula is C21H21ClFN7O3. The quantitative estimate of drug-likeness (QED) is 0.463. The molecule has 0 fully saturated rings. The molecular weight excluding hydrogens is 453 g/mol. The van der Waals surface area contributed by atoms with Gasteiger partial charge in [-0.2, -0.15) is 0 Å². The molecule has 0 aliphatic heterocycles. The van der Waals surface area contributed by atoms with Crippen molar-refractivity contribution in [3.63, 3.8) is 0 Å². The fraction of sp³-hybridized carbons (Fsp3) is 0.238. The Hall–Kier alpha value is -3.86. The zero-order valence-electron chi connectivity index (χ0n) is 17.9. The zero-order valence-corrected chi connectivity index (χ0v) is 18.6. The number of hydrogen-bond acceptors (Lipinski definition) is 7. The third kappa shape index (κ3) is 6.32. The zero-order chi connectivity index (χ0) is 24.0. The lowest BCUT2D eigenvalue weighted by atomic mass is 10.2. The molecule has 0 radical (unpaired) electrons. The predicted molar refractivity (Wildman–Crippen MR) is 120 cm³/mol. The Morgan fingerprint density at radius 3 is 2.70 bits per heavy atom. The van der Waals surface area contributed by atoms with Crippen LogP contribution < -0.4 is 10.6 Å². The number of amides is 2. The molecule has 0 spiro atoms. The van der Waals surface area contributed by atoms with Gasteiger partial charge in [0.05, 0.1) is 23.4 Å². The fourth-order valence-corrected chi connectivity index (χ4v) is 3.08. The number of carbonyl (C=O) groups is 2. The standard InChI is InChI=1S/C21H21ClFN7O3/c1-12(23)6-9-17(31)26-14-7-8-16(25-11-14)18-20(30(3)29-28-18)27-21(32)33-13(2)15-5-4-10-24-19(15)22/h4-5,7-8,10-11,13H,1,6,9H2,2-3H3,(H,26,31)(H,27,32)/t13-/m1/s1. The molecule has 0 aromatic carbocycles. The first-order chi connectivity index (χ1) is 15.7. The third-order valence-electron chi connectivity index (χ3n) is 4.47. The summed E-state index contributed by atoms with van der Waals surface area (Å²) in [7, 11) is 1.60. The highest BCUT2D eigenvalue weighted by Crippen LogP contribution is 2.26. The molecule has 0 bridgehead atoms. The first-order valence-electron chi connectivity index (χ1n) is 9.82. The van der Waals surface area contributed by atoms with E-state index in [1.807, 2.05) is 0 Å². The maximum absolute atomic E-state index is 12.7. The monoisotopic (exact) mass is 473 g/mol. The van der Waals surface area contributed by atoms with E-state index in [4.69, 9.17) is 16.3 Å². The van der Waals surface area contributed by atoms with Crippen LogP contribution in [0.15, 0.2) is 49.1 Å². The topological polar surface area (TPSA) is 124 Å². The molecule has 33 heavy (non-hydrogen) atoms. The molecule has 0 saturated carbocycles. The van der Waals surface area contributed by atoms with Crippen LogP contribution in [0.3, 0.4) is 0 Å². The second-order valence-corrected chi connectivity index (χ2v) is 7.32. The average molecular weight is 474 g/mol. The first-order valence-corrected chi connectivity index (χ1v) is 10.2. The average Bonchev–Trinajstić information content (AvgIpc) is 3.13. The van der Waals surface area contributed by atoms with Crippen LogP contribution in [0.1, 0.15) is 31.4 Å². The lowest BCUT2D eigenvalue weighted by molar-refractivity contribution is -0.116. The number of rotatable bonds is 8. The molecule has 0 unspecified atom stereocenters. The van der Waals surface area contributed by atoms with Crippen LogP contribution in [0.2, 0.25) is 5.15 Å². The molecule has 2 N–H and O–H groups in total. The number of allylic oxidation sites excluding steroid dienone is 1. The van der Waals surface area contributed by atoms with Gasteiger partial charge in [-0.05, 0) is 25.1 Å². The SMILES string of the molecule is C=C(F)CCC(=O)Nc1ccc(-c2nnn(C)c2NC(=O)O[C@H](C)c2cccnc2Cl)nc1.